The fraction of sp³-hybridized carbons (Fsp3) is 0.471. The molecule has 2 N–H and O–H groups in total. The molecule has 6 nitrogen and oxygen atoms in total. The molecule has 2 heterocycles. The summed E-state index contributed by atoms with van der Waals surface area (Å²) < 4.78 is 0. The van der Waals surface area contributed by atoms with Crippen molar-refractivity contribution in [2.45, 2.75) is 26.2 Å². The number of nitrogens with one attached hydrogen (secondary N) is 1. The number of carbonyl (C=O) groups excluding carboxylic acids is 1. The second-order valence-electron chi connectivity index (χ2n) is 6.28. The van der Waals surface area contributed by atoms with Crippen LogP contribution in [0.5, 0.6) is 0 Å². The Bertz CT molecular complexity index is 738. The lowest BCUT2D eigenvalue weighted by molar-refractivity contribution is -0.143. The summed E-state index contributed by atoms with van der Waals surface area (Å²) in [5, 5.41) is 16.9. The average molecular weight is 315 g/mol. The quantitative estimate of drug-likeness (QED) is 0.826. The number of aromatic amines is 1. The van der Waals surface area contributed by atoms with Gasteiger partial charge in [0.05, 0.1) is 17.6 Å². The number of carboxylic acid groups (broad SMARTS) is 1. The molecule has 0 amide bonds. The zero-order valence-corrected chi connectivity index (χ0v) is 13.2. The van der Waals surface area contributed by atoms with E-state index in [1.165, 1.54) is 0 Å². The molecule has 0 radical (unpaired) electrons. The Kier molecular flexibility index (Phi) is 4.43. The molecule has 1 aliphatic rings. The van der Waals surface area contributed by atoms with Crippen molar-refractivity contribution in [1.82, 2.24) is 15.1 Å². The van der Waals surface area contributed by atoms with Crippen LogP contribution >= 0.6 is 0 Å². The zero-order chi connectivity index (χ0) is 16.4. The van der Waals surface area contributed by atoms with Gasteiger partial charge in [0, 0.05) is 30.5 Å². The van der Waals surface area contributed by atoms with Crippen molar-refractivity contribution >= 4 is 22.7 Å². The second kappa shape index (κ2) is 6.50. The van der Waals surface area contributed by atoms with E-state index in [0.29, 0.717) is 19.5 Å². The Morgan fingerprint density at radius 1 is 1.43 bits per heavy atom. The number of nitrogens with zero attached hydrogens (tertiary/aromatic N) is 2. The number of piperidine rings is 1. The highest BCUT2D eigenvalue weighted by molar-refractivity contribution is 6.00. The third-order valence-corrected chi connectivity index (χ3v) is 4.60. The normalized spacial score (nSPS) is 19.1. The lowest BCUT2D eigenvalue weighted by atomic mass is 9.97. The molecule has 0 bridgehead atoms. The highest BCUT2D eigenvalue weighted by atomic mass is 16.4. The minimum absolute atomic E-state index is 0.100. The minimum Gasteiger partial charge on any atom is -0.481 e. The van der Waals surface area contributed by atoms with E-state index in [-0.39, 0.29) is 11.7 Å². The van der Waals surface area contributed by atoms with Gasteiger partial charge in [0.25, 0.3) is 0 Å². The SMILES string of the molecule is Cc1cc2[nH]ncc2cc1C(=O)CCN1CCCC(C(=O)O)C1. The topological polar surface area (TPSA) is 86.3 Å². The predicted molar refractivity (Wildman–Crippen MR) is 86.6 cm³/mol. The van der Waals surface area contributed by atoms with Crippen LogP contribution in [0.25, 0.3) is 10.9 Å². The molecule has 2 aromatic rings. The molecule has 3 rings (SSSR count). The maximum absolute atomic E-state index is 12.5. The highest BCUT2D eigenvalue weighted by Gasteiger charge is 2.25. The van der Waals surface area contributed by atoms with Gasteiger partial charge in [-0.15, -0.1) is 0 Å². The van der Waals surface area contributed by atoms with E-state index in [1.807, 2.05) is 19.1 Å². The predicted octanol–water partition coefficient (Wildman–Crippen LogP) is 2.24. The lowest BCUT2D eigenvalue weighted by Crippen LogP contribution is -2.39. The molecule has 1 atom stereocenters. The number of likely N-dealkylation sites (tertiary alicyclic amines) is 1. The number of Topliss-reactive ketones (excluding diaryl/α,β-unsaturated/α-hetero) is 1. The van der Waals surface area contributed by atoms with Crippen LogP contribution in [0.3, 0.4) is 0 Å². The summed E-state index contributed by atoms with van der Waals surface area (Å²) in [5.74, 6) is -0.937. The molecule has 1 aliphatic heterocycles. The van der Waals surface area contributed by atoms with E-state index in [4.69, 9.17) is 5.11 Å². The van der Waals surface area contributed by atoms with Gasteiger partial charge < -0.3 is 10.0 Å². The zero-order valence-electron chi connectivity index (χ0n) is 13.2. The molecular formula is C17H21N3O3. The number of hydrogen-bond donors (Lipinski definition) is 2. The van der Waals surface area contributed by atoms with Gasteiger partial charge in [0.15, 0.2) is 5.78 Å². The maximum atomic E-state index is 12.5. The van der Waals surface area contributed by atoms with Crippen molar-refractivity contribution in [3.8, 4) is 0 Å². The van der Waals surface area contributed by atoms with E-state index in [2.05, 4.69) is 15.1 Å². The molecule has 0 aliphatic carbocycles. The Morgan fingerprint density at radius 3 is 3.04 bits per heavy atom. The molecule has 0 saturated carbocycles. The molecule has 23 heavy (non-hydrogen) atoms. The Balaban J connectivity index is 1.64. The monoisotopic (exact) mass is 315 g/mol. The van der Waals surface area contributed by atoms with Gasteiger partial charge in [-0.05, 0) is 44.0 Å². The summed E-state index contributed by atoms with van der Waals surface area (Å²) in [6, 6.07) is 3.82. The van der Waals surface area contributed by atoms with Crippen LogP contribution in [0.1, 0.15) is 35.2 Å². The van der Waals surface area contributed by atoms with Crippen molar-refractivity contribution < 1.29 is 14.7 Å². The first-order chi connectivity index (χ1) is 11.0. The summed E-state index contributed by atoms with van der Waals surface area (Å²) in [5.41, 5.74) is 2.60. The summed E-state index contributed by atoms with van der Waals surface area (Å²) in [6.07, 6.45) is 3.74. The van der Waals surface area contributed by atoms with Crippen molar-refractivity contribution in [2.75, 3.05) is 19.6 Å². The number of ketones is 1. The lowest BCUT2D eigenvalue weighted by Gasteiger charge is -2.30. The Hall–Kier alpha value is -2.21. The summed E-state index contributed by atoms with van der Waals surface area (Å²) >= 11 is 0. The van der Waals surface area contributed by atoms with Gasteiger partial charge in [-0.3, -0.25) is 14.7 Å². The average Bonchev–Trinajstić information content (AvgIpc) is 2.99. The van der Waals surface area contributed by atoms with Crippen LogP contribution < -0.4 is 0 Å². The first-order valence-corrected chi connectivity index (χ1v) is 7.96. The molecule has 6 heteroatoms. The van der Waals surface area contributed by atoms with Crippen LogP contribution in [0.4, 0.5) is 0 Å². The number of rotatable bonds is 5. The number of benzene rings is 1. The molecule has 122 valence electrons. The first kappa shape index (κ1) is 15.7. The third kappa shape index (κ3) is 3.42. The van der Waals surface area contributed by atoms with E-state index < -0.39 is 5.97 Å². The largest absolute Gasteiger partial charge is 0.481 e. The van der Waals surface area contributed by atoms with Crippen molar-refractivity contribution in [1.29, 1.82) is 0 Å². The van der Waals surface area contributed by atoms with Crippen molar-refractivity contribution in [2.24, 2.45) is 5.92 Å². The van der Waals surface area contributed by atoms with Gasteiger partial charge in [-0.1, -0.05) is 0 Å². The number of aromatic nitrogens is 2. The summed E-state index contributed by atoms with van der Waals surface area (Å²) in [4.78, 5) is 25.7. The number of aryl methyl sites for hydroxylation is 1. The van der Waals surface area contributed by atoms with Gasteiger partial charge >= 0.3 is 5.97 Å². The van der Waals surface area contributed by atoms with E-state index in [1.54, 1.807) is 6.20 Å². The highest BCUT2D eigenvalue weighted by Crippen LogP contribution is 2.20. The summed E-state index contributed by atoms with van der Waals surface area (Å²) in [6.45, 7) is 3.96. The second-order valence-corrected chi connectivity index (χ2v) is 6.28. The summed E-state index contributed by atoms with van der Waals surface area (Å²) in [7, 11) is 0. The molecular weight excluding hydrogens is 294 g/mol. The number of H-pyrrole nitrogens is 1. The number of aliphatic carboxylic acids is 1. The molecule has 1 unspecified atom stereocenters. The first-order valence-electron chi connectivity index (χ1n) is 7.96. The van der Waals surface area contributed by atoms with E-state index >= 15 is 0 Å². The number of carbonyl (C=O) groups is 2. The maximum Gasteiger partial charge on any atom is 0.307 e. The van der Waals surface area contributed by atoms with E-state index in [0.717, 1.165) is 41.4 Å². The molecule has 1 saturated heterocycles. The Labute approximate surface area is 134 Å². The van der Waals surface area contributed by atoms with Crippen molar-refractivity contribution in [3.63, 3.8) is 0 Å². The molecule has 1 aromatic carbocycles. The fourth-order valence-electron chi connectivity index (χ4n) is 3.25. The number of fused-ring (bicyclic) bond motifs is 1. The third-order valence-electron chi connectivity index (χ3n) is 4.60. The van der Waals surface area contributed by atoms with Gasteiger partial charge in [0.1, 0.15) is 0 Å². The van der Waals surface area contributed by atoms with Gasteiger partial charge in [0.2, 0.25) is 0 Å². The van der Waals surface area contributed by atoms with Crippen LogP contribution in [-0.2, 0) is 4.79 Å². The number of hydrogen-bond acceptors (Lipinski definition) is 4. The van der Waals surface area contributed by atoms with Crippen LogP contribution in [-0.4, -0.2) is 51.6 Å². The fourth-order valence-corrected chi connectivity index (χ4v) is 3.25. The minimum atomic E-state index is -0.734. The Morgan fingerprint density at radius 2 is 2.26 bits per heavy atom. The molecule has 1 fully saturated rings. The number of carboxylic acids is 1. The van der Waals surface area contributed by atoms with Crippen molar-refractivity contribution in [3.05, 3.63) is 29.5 Å². The van der Waals surface area contributed by atoms with Gasteiger partial charge in [-0.2, -0.15) is 5.10 Å². The van der Waals surface area contributed by atoms with Gasteiger partial charge in [-0.25, -0.2) is 0 Å². The van der Waals surface area contributed by atoms with Crippen LogP contribution in [0, 0.1) is 12.8 Å². The molecule has 1 aromatic heterocycles. The van der Waals surface area contributed by atoms with Crippen LogP contribution in [0.2, 0.25) is 0 Å². The smallest absolute Gasteiger partial charge is 0.307 e. The standard InChI is InChI=1S/C17H21N3O3/c1-11-7-15-13(9-18-19-15)8-14(11)16(21)4-6-20-5-2-3-12(10-20)17(22)23/h7-9,12H,2-6,10H2,1H3,(H,18,19)(H,22,23). The van der Waals surface area contributed by atoms with E-state index in [9.17, 15) is 9.59 Å². The van der Waals surface area contributed by atoms with Crippen LogP contribution in [0.15, 0.2) is 18.3 Å². The molecule has 0 spiro atoms.